The molecular weight excluding hydrogens is 366 g/mol. The molecule has 8 heteroatoms. The van der Waals surface area contributed by atoms with E-state index in [-0.39, 0.29) is 24.5 Å². The van der Waals surface area contributed by atoms with Gasteiger partial charge in [-0.3, -0.25) is 4.79 Å². The van der Waals surface area contributed by atoms with Crippen LogP contribution < -0.4 is 10.0 Å². The van der Waals surface area contributed by atoms with Crippen molar-refractivity contribution in [1.82, 2.24) is 9.62 Å². The minimum Gasteiger partial charge on any atom is -0.349 e. The summed E-state index contributed by atoms with van der Waals surface area (Å²) in [5.74, 6) is -0.393. The number of aryl methyl sites for hydroxylation is 2. The van der Waals surface area contributed by atoms with Crippen LogP contribution in [0.3, 0.4) is 0 Å². The van der Waals surface area contributed by atoms with Gasteiger partial charge in [-0.25, -0.2) is 17.9 Å². The number of nitrogens with zero attached hydrogens (tertiary/aromatic N) is 1. The summed E-state index contributed by atoms with van der Waals surface area (Å²) in [6, 6.07) is 1.54. The second-order valence-electron chi connectivity index (χ2n) is 7.50. The Balaban J connectivity index is 1.64. The molecule has 0 aliphatic heterocycles. The maximum absolute atomic E-state index is 12.4. The minimum atomic E-state index is -3.78. The molecule has 0 aromatic heterocycles. The summed E-state index contributed by atoms with van der Waals surface area (Å²) in [6.45, 7) is 0. The second kappa shape index (κ2) is 7.88. The standard InChI is InChI=1S/C19H27N3O4S/c1-22(2)17(23)10-5-11-27(25,26)21-19(24)20-18-15-8-3-6-13(15)12-14-7-4-9-16(14)18/h12H,3-11H2,1-2H3,(H2,20,21,24). The third-order valence-corrected chi connectivity index (χ3v) is 6.58. The molecule has 3 rings (SSSR count). The Morgan fingerprint density at radius 1 is 1.04 bits per heavy atom. The highest BCUT2D eigenvalue weighted by atomic mass is 32.2. The van der Waals surface area contributed by atoms with Crippen molar-refractivity contribution >= 4 is 27.6 Å². The van der Waals surface area contributed by atoms with E-state index in [9.17, 15) is 18.0 Å². The number of rotatable bonds is 6. The Morgan fingerprint density at radius 2 is 1.63 bits per heavy atom. The molecule has 0 heterocycles. The monoisotopic (exact) mass is 393 g/mol. The van der Waals surface area contributed by atoms with Gasteiger partial charge in [0.1, 0.15) is 0 Å². The molecule has 0 spiro atoms. The SMILES string of the molecule is CN(C)C(=O)CCCS(=O)(=O)NC(=O)Nc1c2c(cc3c1CCC3)CCC2. The van der Waals surface area contributed by atoms with E-state index >= 15 is 0 Å². The predicted octanol–water partition coefficient (Wildman–Crippen LogP) is 1.98. The van der Waals surface area contributed by atoms with Crippen LogP contribution in [0.15, 0.2) is 6.07 Å². The van der Waals surface area contributed by atoms with Gasteiger partial charge in [0.15, 0.2) is 0 Å². The zero-order valence-corrected chi connectivity index (χ0v) is 16.7. The quantitative estimate of drug-likeness (QED) is 0.772. The summed E-state index contributed by atoms with van der Waals surface area (Å²) >= 11 is 0. The average Bonchev–Trinajstić information content (AvgIpc) is 3.22. The maximum Gasteiger partial charge on any atom is 0.332 e. The lowest BCUT2D eigenvalue weighted by Gasteiger charge is -2.16. The Labute approximate surface area is 160 Å². The molecule has 148 valence electrons. The maximum atomic E-state index is 12.4. The highest BCUT2D eigenvalue weighted by Crippen LogP contribution is 2.38. The molecular formula is C19H27N3O4S. The van der Waals surface area contributed by atoms with Gasteiger partial charge >= 0.3 is 6.03 Å². The van der Waals surface area contributed by atoms with Crippen LogP contribution in [-0.4, -0.2) is 45.1 Å². The van der Waals surface area contributed by atoms with E-state index in [2.05, 4.69) is 16.1 Å². The molecule has 1 aromatic carbocycles. The topological polar surface area (TPSA) is 95.6 Å². The van der Waals surface area contributed by atoms with Crippen LogP contribution in [0.25, 0.3) is 0 Å². The number of sulfonamides is 1. The predicted molar refractivity (Wildman–Crippen MR) is 104 cm³/mol. The first-order valence-corrected chi connectivity index (χ1v) is 11.1. The Morgan fingerprint density at radius 3 is 2.19 bits per heavy atom. The van der Waals surface area contributed by atoms with Crippen molar-refractivity contribution in [1.29, 1.82) is 0 Å². The number of amides is 3. The molecule has 0 radical (unpaired) electrons. The van der Waals surface area contributed by atoms with Crippen LogP contribution in [0.4, 0.5) is 10.5 Å². The lowest BCUT2D eigenvalue weighted by molar-refractivity contribution is -0.128. The molecule has 27 heavy (non-hydrogen) atoms. The number of anilines is 1. The van der Waals surface area contributed by atoms with Crippen LogP contribution >= 0.6 is 0 Å². The van der Waals surface area contributed by atoms with E-state index in [4.69, 9.17) is 0 Å². The van der Waals surface area contributed by atoms with Gasteiger partial charge in [-0.15, -0.1) is 0 Å². The van der Waals surface area contributed by atoms with Gasteiger partial charge in [0, 0.05) is 26.2 Å². The van der Waals surface area contributed by atoms with Crippen LogP contribution in [0.1, 0.15) is 47.9 Å². The summed E-state index contributed by atoms with van der Waals surface area (Å²) in [5.41, 5.74) is 5.67. The molecule has 0 saturated carbocycles. The molecule has 0 unspecified atom stereocenters. The van der Waals surface area contributed by atoms with Gasteiger partial charge in [0.25, 0.3) is 0 Å². The summed E-state index contributed by atoms with van der Waals surface area (Å²) in [4.78, 5) is 25.3. The first-order valence-electron chi connectivity index (χ1n) is 9.45. The number of urea groups is 1. The highest BCUT2D eigenvalue weighted by Gasteiger charge is 2.26. The Hall–Kier alpha value is -2.09. The summed E-state index contributed by atoms with van der Waals surface area (Å²) in [5, 5.41) is 2.81. The van der Waals surface area contributed by atoms with E-state index in [1.807, 2.05) is 0 Å². The smallest absolute Gasteiger partial charge is 0.332 e. The molecule has 0 atom stereocenters. The fourth-order valence-electron chi connectivity index (χ4n) is 3.94. The molecule has 2 aliphatic rings. The second-order valence-corrected chi connectivity index (χ2v) is 9.34. The van der Waals surface area contributed by atoms with Gasteiger partial charge in [0.2, 0.25) is 15.9 Å². The zero-order valence-electron chi connectivity index (χ0n) is 15.9. The fourth-order valence-corrected chi connectivity index (χ4v) is 4.90. The van der Waals surface area contributed by atoms with Crippen LogP contribution in [0.2, 0.25) is 0 Å². The first kappa shape index (κ1) is 19.7. The van der Waals surface area contributed by atoms with Crippen molar-refractivity contribution < 1.29 is 18.0 Å². The summed E-state index contributed by atoms with van der Waals surface area (Å²) in [6.07, 6.45) is 6.29. The van der Waals surface area contributed by atoms with E-state index in [1.165, 1.54) is 16.0 Å². The zero-order chi connectivity index (χ0) is 19.6. The number of hydrogen-bond donors (Lipinski definition) is 2. The van der Waals surface area contributed by atoms with Gasteiger partial charge in [-0.2, -0.15) is 0 Å². The lowest BCUT2D eigenvalue weighted by atomic mass is 9.99. The molecule has 1 aromatic rings. The van der Waals surface area contributed by atoms with Crippen molar-refractivity contribution in [2.24, 2.45) is 0 Å². The Kier molecular flexibility index (Phi) is 5.74. The molecule has 2 aliphatic carbocycles. The van der Waals surface area contributed by atoms with Gasteiger partial charge in [-0.05, 0) is 67.2 Å². The van der Waals surface area contributed by atoms with Gasteiger partial charge in [-0.1, -0.05) is 6.07 Å². The number of hydrogen-bond acceptors (Lipinski definition) is 4. The number of fused-ring (bicyclic) bond motifs is 2. The van der Waals surface area contributed by atoms with E-state index in [0.29, 0.717) is 0 Å². The third-order valence-electron chi connectivity index (χ3n) is 5.26. The number of nitrogens with one attached hydrogen (secondary N) is 2. The summed E-state index contributed by atoms with van der Waals surface area (Å²) in [7, 11) is -0.535. The third kappa shape index (κ3) is 4.61. The lowest BCUT2D eigenvalue weighted by Crippen LogP contribution is -2.36. The normalized spacial score (nSPS) is 15.2. The molecule has 0 bridgehead atoms. The largest absolute Gasteiger partial charge is 0.349 e. The van der Waals surface area contributed by atoms with Crippen molar-refractivity contribution in [2.75, 3.05) is 25.2 Å². The van der Waals surface area contributed by atoms with Crippen molar-refractivity contribution in [3.05, 3.63) is 28.3 Å². The van der Waals surface area contributed by atoms with Crippen molar-refractivity contribution in [3.63, 3.8) is 0 Å². The molecule has 0 fully saturated rings. The van der Waals surface area contributed by atoms with Crippen LogP contribution in [0.5, 0.6) is 0 Å². The van der Waals surface area contributed by atoms with E-state index in [1.54, 1.807) is 14.1 Å². The molecule has 0 saturated heterocycles. The number of benzene rings is 1. The van der Waals surface area contributed by atoms with Crippen molar-refractivity contribution in [2.45, 2.75) is 51.4 Å². The number of carbonyl (C=O) groups excluding carboxylic acids is 2. The average molecular weight is 394 g/mol. The first-order chi connectivity index (χ1) is 12.8. The highest BCUT2D eigenvalue weighted by molar-refractivity contribution is 7.90. The van der Waals surface area contributed by atoms with E-state index < -0.39 is 16.1 Å². The summed E-state index contributed by atoms with van der Waals surface area (Å²) < 4.78 is 26.4. The molecule has 2 N–H and O–H groups in total. The van der Waals surface area contributed by atoms with Crippen LogP contribution in [0, 0.1) is 0 Å². The molecule has 7 nitrogen and oxygen atoms in total. The van der Waals surface area contributed by atoms with Crippen LogP contribution in [-0.2, 0) is 40.5 Å². The van der Waals surface area contributed by atoms with E-state index in [0.717, 1.165) is 55.3 Å². The van der Waals surface area contributed by atoms with Gasteiger partial charge < -0.3 is 10.2 Å². The van der Waals surface area contributed by atoms with Crippen molar-refractivity contribution in [3.8, 4) is 0 Å². The van der Waals surface area contributed by atoms with Gasteiger partial charge in [0.05, 0.1) is 5.75 Å². The fraction of sp³-hybridized carbons (Fsp3) is 0.579. The number of carbonyl (C=O) groups is 2. The molecule has 3 amide bonds. The minimum absolute atomic E-state index is 0.134. The Bertz CT molecular complexity index is 830.